The van der Waals surface area contributed by atoms with Gasteiger partial charge in [-0.2, -0.15) is 0 Å². The number of ketones is 1. The molecule has 1 aromatic carbocycles. The third-order valence-corrected chi connectivity index (χ3v) is 2.75. The molecule has 0 saturated heterocycles. The molecule has 0 N–H and O–H groups in total. The Kier molecular flexibility index (Phi) is 4.31. The number of hydrogen-bond acceptors (Lipinski definition) is 6. The van der Waals surface area contributed by atoms with Crippen molar-refractivity contribution in [1.29, 1.82) is 0 Å². The minimum absolute atomic E-state index is 0.173. The largest absolute Gasteiger partial charge is 0.448 e. The topological polar surface area (TPSA) is 99.7 Å². The zero-order valence-corrected chi connectivity index (χ0v) is 11.3. The van der Waals surface area contributed by atoms with E-state index in [1.807, 2.05) is 0 Å². The van der Waals surface area contributed by atoms with E-state index in [2.05, 4.69) is 4.42 Å². The van der Waals surface area contributed by atoms with Crippen LogP contribution in [0.2, 0.25) is 0 Å². The lowest BCUT2D eigenvalue weighted by atomic mass is 10.1. The number of carbonyl (C=O) groups excluding carboxylic acids is 2. The van der Waals surface area contributed by atoms with Gasteiger partial charge in [-0.3, -0.25) is 14.9 Å². The van der Waals surface area contributed by atoms with Gasteiger partial charge in [0.05, 0.1) is 6.07 Å². The fourth-order valence-corrected chi connectivity index (χ4v) is 1.66. The van der Waals surface area contributed by atoms with E-state index >= 15 is 0 Å². The van der Waals surface area contributed by atoms with Crippen LogP contribution < -0.4 is 0 Å². The molecule has 7 nitrogen and oxygen atoms in total. The lowest BCUT2D eigenvalue weighted by molar-refractivity contribution is -0.402. The fraction of sp³-hybridized carbons (Fsp3) is 0.143. The molecule has 2 aromatic rings. The van der Waals surface area contributed by atoms with Crippen LogP contribution in [0.15, 0.2) is 40.8 Å². The van der Waals surface area contributed by atoms with E-state index in [0.29, 0.717) is 0 Å². The second kappa shape index (κ2) is 6.17. The van der Waals surface area contributed by atoms with Gasteiger partial charge in [-0.05, 0) is 37.3 Å². The quantitative estimate of drug-likeness (QED) is 0.364. The highest BCUT2D eigenvalue weighted by atomic mass is 19.1. The second-order valence-corrected chi connectivity index (χ2v) is 4.31. The molecule has 1 heterocycles. The first-order valence-corrected chi connectivity index (χ1v) is 6.13. The van der Waals surface area contributed by atoms with Gasteiger partial charge in [0.15, 0.2) is 6.10 Å². The average Bonchev–Trinajstić information content (AvgIpc) is 2.97. The molecular formula is C14H10FNO6. The van der Waals surface area contributed by atoms with E-state index in [1.165, 1.54) is 19.1 Å². The molecule has 0 radical (unpaired) electrons. The van der Waals surface area contributed by atoms with Gasteiger partial charge in [-0.25, -0.2) is 9.18 Å². The third kappa shape index (κ3) is 3.35. The number of halogens is 1. The molecule has 0 bridgehead atoms. The monoisotopic (exact) mass is 307 g/mol. The molecule has 0 spiro atoms. The van der Waals surface area contributed by atoms with E-state index in [1.54, 1.807) is 0 Å². The Bertz CT molecular complexity index is 721. The van der Waals surface area contributed by atoms with Crippen molar-refractivity contribution in [3.63, 3.8) is 0 Å². The molecule has 0 unspecified atom stereocenters. The SMILES string of the molecule is C[C@H](OC(=O)c1ccc([N+](=O)[O-])o1)C(=O)c1ccc(F)cc1. The zero-order valence-electron chi connectivity index (χ0n) is 11.3. The van der Waals surface area contributed by atoms with E-state index in [0.717, 1.165) is 24.3 Å². The summed E-state index contributed by atoms with van der Waals surface area (Å²) >= 11 is 0. The molecule has 0 saturated carbocycles. The highest BCUT2D eigenvalue weighted by Gasteiger charge is 2.24. The minimum Gasteiger partial charge on any atom is -0.448 e. The molecule has 0 amide bonds. The van der Waals surface area contributed by atoms with E-state index < -0.39 is 34.5 Å². The van der Waals surface area contributed by atoms with Crippen molar-refractivity contribution in [2.75, 3.05) is 0 Å². The summed E-state index contributed by atoms with van der Waals surface area (Å²) in [6.07, 6.45) is -1.15. The third-order valence-electron chi connectivity index (χ3n) is 2.75. The van der Waals surface area contributed by atoms with Crippen LogP contribution >= 0.6 is 0 Å². The first-order valence-electron chi connectivity index (χ1n) is 6.13. The smallest absolute Gasteiger partial charge is 0.433 e. The second-order valence-electron chi connectivity index (χ2n) is 4.31. The number of rotatable bonds is 5. The number of furan rings is 1. The van der Waals surface area contributed by atoms with E-state index in [-0.39, 0.29) is 11.3 Å². The molecule has 1 aromatic heterocycles. The molecule has 0 aliphatic heterocycles. The van der Waals surface area contributed by atoms with Crippen LogP contribution in [0.3, 0.4) is 0 Å². The summed E-state index contributed by atoms with van der Waals surface area (Å²) in [5.74, 6) is -3.02. The number of carbonyl (C=O) groups is 2. The number of Topliss-reactive ketones (excluding diaryl/α,β-unsaturated/α-hetero) is 1. The van der Waals surface area contributed by atoms with Crippen molar-refractivity contribution in [2.45, 2.75) is 13.0 Å². The summed E-state index contributed by atoms with van der Waals surface area (Å²) in [5, 5.41) is 10.5. The van der Waals surface area contributed by atoms with Crippen LogP contribution in [-0.2, 0) is 4.74 Å². The molecule has 0 fully saturated rings. The fourth-order valence-electron chi connectivity index (χ4n) is 1.66. The Hall–Kier alpha value is -3.03. The number of benzene rings is 1. The maximum Gasteiger partial charge on any atom is 0.433 e. The molecule has 114 valence electrons. The molecule has 22 heavy (non-hydrogen) atoms. The number of nitro groups is 1. The summed E-state index contributed by atoms with van der Waals surface area (Å²) in [5.41, 5.74) is 0.173. The van der Waals surface area contributed by atoms with Gasteiger partial charge in [-0.1, -0.05) is 0 Å². The number of nitrogens with zero attached hydrogens (tertiary/aromatic N) is 1. The predicted molar refractivity (Wildman–Crippen MR) is 71.0 cm³/mol. The maximum atomic E-state index is 12.8. The maximum absolute atomic E-state index is 12.8. The van der Waals surface area contributed by atoms with Crippen LogP contribution in [0.4, 0.5) is 10.3 Å². The molecule has 8 heteroatoms. The van der Waals surface area contributed by atoms with Crippen LogP contribution in [0, 0.1) is 15.9 Å². The lowest BCUT2D eigenvalue weighted by Gasteiger charge is -2.11. The van der Waals surface area contributed by atoms with Gasteiger partial charge >= 0.3 is 11.9 Å². The Morgan fingerprint density at radius 2 is 1.86 bits per heavy atom. The summed E-state index contributed by atoms with van der Waals surface area (Å²) in [7, 11) is 0. The Labute approximate surface area is 123 Å². The van der Waals surface area contributed by atoms with Gasteiger partial charge in [0.1, 0.15) is 10.7 Å². The number of hydrogen-bond donors (Lipinski definition) is 0. The summed E-state index contributed by atoms with van der Waals surface area (Å²) in [6, 6.07) is 6.83. The molecule has 0 aliphatic carbocycles. The molecule has 0 aliphatic rings. The van der Waals surface area contributed by atoms with Gasteiger partial charge in [0.25, 0.3) is 0 Å². The van der Waals surface area contributed by atoms with Crippen molar-refractivity contribution in [3.8, 4) is 0 Å². The van der Waals surface area contributed by atoms with Crippen molar-refractivity contribution >= 4 is 17.6 Å². The molecule has 2 rings (SSSR count). The first kappa shape index (κ1) is 15.4. The Morgan fingerprint density at radius 1 is 1.23 bits per heavy atom. The van der Waals surface area contributed by atoms with Crippen LogP contribution in [-0.4, -0.2) is 22.8 Å². The molecule has 1 atom stereocenters. The van der Waals surface area contributed by atoms with Gasteiger partial charge in [-0.15, -0.1) is 0 Å². The normalized spacial score (nSPS) is 11.7. The van der Waals surface area contributed by atoms with Crippen molar-refractivity contribution < 1.29 is 28.1 Å². The summed E-state index contributed by atoms with van der Waals surface area (Å²) < 4.78 is 22.3. The van der Waals surface area contributed by atoms with Crippen molar-refractivity contribution in [1.82, 2.24) is 0 Å². The standard InChI is InChI=1S/C14H10FNO6/c1-8(13(17)9-2-4-10(15)5-3-9)21-14(18)11-6-7-12(22-11)16(19)20/h2-8H,1H3/t8-/m0/s1. The van der Waals surface area contributed by atoms with Gasteiger partial charge < -0.3 is 9.15 Å². The highest BCUT2D eigenvalue weighted by molar-refractivity contribution is 6.01. The summed E-state index contributed by atoms with van der Waals surface area (Å²) in [6.45, 7) is 1.33. The average molecular weight is 307 g/mol. The van der Waals surface area contributed by atoms with Crippen molar-refractivity contribution in [2.24, 2.45) is 0 Å². The van der Waals surface area contributed by atoms with Gasteiger partial charge in [0, 0.05) is 5.56 Å². The van der Waals surface area contributed by atoms with E-state index in [9.17, 15) is 24.1 Å². The summed E-state index contributed by atoms with van der Waals surface area (Å²) in [4.78, 5) is 33.4. The van der Waals surface area contributed by atoms with E-state index in [4.69, 9.17) is 4.74 Å². The van der Waals surface area contributed by atoms with Crippen molar-refractivity contribution in [3.05, 3.63) is 63.7 Å². The first-order chi connectivity index (χ1) is 10.4. The molecular weight excluding hydrogens is 297 g/mol. The number of esters is 1. The van der Waals surface area contributed by atoms with Crippen LogP contribution in [0.25, 0.3) is 0 Å². The number of ether oxygens (including phenoxy) is 1. The Balaban J connectivity index is 2.05. The Morgan fingerprint density at radius 3 is 2.41 bits per heavy atom. The minimum atomic E-state index is -1.15. The van der Waals surface area contributed by atoms with Gasteiger partial charge in [0.2, 0.25) is 11.5 Å². The lowest BCUT2D eigenvalue weighted by Crippen LogP contribution is -2.24. The predicted octanol–water partition coefficient (Wildman–Crippen LogP) is 2.76. The van der Waals surface area contributed by atoms with Crippen LogP contribution in [0.1, 0.15) is 27.8 Å². The van der Waals surface area contributed by atoms with Crippen LogP contribution in [0.5, 0.6) is 0 Å². The zero-order chi connectivity index (χ0) is 16.3. The highest BCUT2D eigenvalue weighted by Crippen LogP contribution is 2.17.